The Hall–Kier alpha value is -3.87. The van der Waals surface area contributed by atoms with Gasteiger partial charge in [0.15, 0.2) is 5.84 Å². The molecule has 4 aromatic carbocycles. The van der Waals surface area contributed by atoms with Crippen molar-refractivity contribution >= 4 is 57.0 Å². The molecule has 5 nitrogen and oxygen atoms in total. The summed E-state index contributed by atoms with van der Waals surface area (Å²) in [5.41, 5.74) is 4.01. The number of amides is 1. The number of methoxy groups -OCH3 is 1. The summed E-state index contributed by atoms with van der Waals surface area (Å²) in [5.74, 6) is 1.35. The third-order valence-electron chi connectivity index (χ3n) is 6.49. The van der Waals surface area contributed by atoms with Gasteiger partial charge in [-0.2, -0.15) is 10.1 Å². The first-order valence-corrected chi connectivity index (χ1v) is 13.0. The van der Waals surface area contributed by atoms with Crippen LogP contribution in [-0.4, -0.2) is 28.9 Å². The molecule has 1 atom stereocenters. The number of aliphatic imine (C=N–C) groups is 1. The van der Waals surface area contributed by atoms with E-state index < -0.39 is 0 Å². The smallest absolute Gasteiger partial charge is 0.311 e. The van der Waals surface area contributed by atoms with Gasteiger partial charge in [0.2, 0.25) is 0 Å². The average Bonchev–Trinajstić information content (AvgIpc) is 3.53. The highest BCUT2D eigenvalue weighted by Gasteiger charge is 2.37. The Morgan fingerprint density at radius 2 is 1.73 bits per heavy atom. The van der Waals surface area contributed by atoms with Crippen LogP contribution < -0.4 is 4.74 Å². The lowest BCUT2D eigenvalue weighted by Crippen LogP contribution is -2.26. The minimum Gasteiger partial charge on any atom is -0.497 e. The van der Waals surface area contributed by atoms with Gasteiger partial charge in [0.25, 0.3) is 0 Å². The van der Waals surface area contributed by atoms with Gasteiger partial charge in [-0.15, -0.1) is 0 Å². The molecule has 37 heavy (non-hydrogen) atoms. The minimum atomic E-state index is -0.252. The summed E-state index contributed by atoms with van der Waals surface area (Å²) in [6.45, 7) is 0. The van der Waals surface area contributed by atoms with E-state index in [-0.39, 0.29) is 11.3 Å². The van der Waals surface area contributed by atoms with Crippen LogP contribution in [0.3, 0.4) is 0 Å². The second kappa shape index (κ2) is 9.88. The predicted octanol–water partition coefficient (Wildman–Crippen LogP) is 7.96. The molecule has 0 saturated carbocycles. The molecule has 2 aliphatic heterocycles. The van der Waals surface area contributed by atoms with Crippen LogP contribution in [0.2, 0.25) is 5.02 Å². The van der Waals surface area contributed by atoms with Crippen molar-refractivity contribution in [3.63, 3.8) is 0 Å². The van der Waals surface area contributed by atoms with Crippen molar-refractivity contribution in [3.05, 3.63) is 118 Å². The van der Waals surface area contributed by atoms with Crippen LogP contribution in [0.15, 0.2) is 106 Å². The second-order valence-corrected chi connectivity index (χ2v) is 10.2. The Kier molecular flexibility index (Phi) is 6.28. The normalized spacial score (nSPS) is 18.4. The zero-order valence-corrected chi connectivity index (χ0v) is 21.5. The lowest BCUT2D eigenvalue weighted by molar-refractivity contribution is 0.267. The molecule has 0 bridgehead atoms. The van der Waals surface area contributed by atoms with E-state index in [1.54, 1.807) is 7.11 Å². The monoisotopic (exact) mass is 523 g/mol. The van der Waals surface area contributed by atoms with Crippen molar-refractivity contribution in [1.82, 2.24) is 5.01 Å². The maximum absolute atomic E-state index is 12.5. The Morgan fingerprint density at radius 1 is 0.973 bits per heavy atom. The SMILES string of the molecule is COc1ccc([C@H]2CC(c3ccc4ccccc4c3)=NN2C2=NC(=O)S/C2=C\c2ccc(Cl)cc2)cc1. The van der Waals surface area contributed by atoms with Gasteiger partial charge >= 0.3 is 5.24 Å². The van der Waals surface area contributed by atoms with E-state index in [2.05, 4.69) is 35.3 Å². The molecule has 182 valence electrons. The molecule has 2 aliphatic rings. The fraction of sp³-hybridized carbons (Fsp3) is 0.100. The van der Waals surface area contributed by atoms with Crippen molar-refractivity contribution < 1.29 is 9.53 Å². The summed E-state index contributed by atoms with van der Waals surface area (Å²) >= 11 is 7.18. The predicted molar refractivity (Wildman–Crippen MR) is 153 cm³/mol. The Labute approximate surface area is 224 Å². The van der Waals surface area contributed by atoms with Gasteiger partial charge in [-0.25, -0.2) is 5.01 Å². The molecular formula is C30H22ClN3O2S. The summed E-state index contributed by atoms with van der Waals surface area (Å²) in [4.78, 5) is 17.7. The number of halogens is 1. The molecule has 0 radical (unpaired) electrons. The Balaban J connectivity index is 1.42. The van der Waals surface area contributed by atoms with E-state index in [1.165, 1.54) is 5.39 Å². The van der Waals surface area contributed by atoms with E-state index in [9.17, 15) is 4.79 Å². The largest absolute Gasteiger partial charge is 0.497 e. The Bertz CT molecular complexity index is 1590. The van der Waals surface area contributed by atoms with Gasteiger partial charge in [0, 0.05) is 11.4 Å². The van der Waals surface area contributed by atoms with Gasteiger partial charge in [-0.3, -0.25) is 4.79 Å². The zero-order valence-electron chi connectivity index (χ0n) is 20.0. The van der Waals surface area contributed by atoms with Gasteiger partial charge in [0.1, 0.15) is 5.75 Å². The van der Waals surface area contributed by atoms with Crippen LogP contribution in [0.5, 0.6) is 5.75 Å². The number of ether oxygens (including phenoxy) is 1. The van der Waals surface area contributed by atoms with E-state index in [0.29, 0.717) is 17.3 Å². The van der Waals surface area contributed by atoms with Gasteiger partial charge < -0.3 is 4.74 Å². The number of benzene rings is 4. The number of hydrogen-bond acceptors (Lipinski definition) is 5. The molecule has 0 N–H and O–H groups in total. The molecule has 7 heteroatoms. The van der Waals surface area contributed by atoms with Crippen LogP contribution >= 0.6 is 23.4 Å². The van der Waals surface area contributed by atoms with Crippen LogP contribution in [0.4, 0.5) is 4.79 Å². The highest BCUT2D eigenvalue weighted by Crippen LogP contribution is 2.40. The van der Waals surface area contributed by atoms with Crippen molar-refractivity contribution in [2.45, 2.75) is 12.5 Å². The lowest BCUT2D eigenvalue weighted by Gasteiger charge is -2.24. The van der Waals surface area contributed by atoms with Crippen molar-refractivity contribution in [2.24, 2.45) is 10.1 Å². The number of hydrazone groups is 1. The lowest BCUT2D eigenvalue weighted by atomic mass is 9.97. The van der Waals surface area contributed by atoms with Crippen molar-refractivity contribution in [1.29, 1.82) is 0 Å². The topological polar surface area (TPSA) is 54.3 Å². The summed E-state index contributed by atoms with van der Waals surface area (Å²) < 4.78 is 5.36. The number of hydrogen-bond donors (Lipinski definition) is 0. The summed E-state index contributed by atoms with van der Waals surface area (Å²) in [5, 5.41) is 9.70. The van der Waals surface area contributed by atoms with E-state index in [0.717, 1.165) is 50.2 Å². The summed E-state index contributed by atoms with van der Waals surface area (Å²) in [7, 11) is 1.65. The summed E-state index contributed by atoms with van der Waals surface area (Å²) in [6.07, 6.45) is 2.64. The molecule has 2 heterocycles. The van der Waals surface area contributed by atoms with E-state index in [4.69, 9.17) is 21.4 Å². The fourth-order valence-electron chi connectivity index (χ4n) is 4.61. The van der Waals surface area contributed by atoms with Gasteiger partial charge in [-0.1, -0.05) is 72.3 Å². The third-order valence-corrected chi connectivity index (χ3v) is 7.53. The molecule has 0 aromatic heterocycles. The molecule has 0 aliphatic carbocycles. The number of nitrogens with zero attached hydrogens (tertiary/aromatic N) is 3. The highest BCUT2D eigenvalue weighted by molar-refractivity contribution is 8.18. The first kappa shape index (κ1) is 23.5. The Morgan fingerprint density at radius 3 is 2.49 bits per heavy atom. The summed E-state index contributed by atoms with van der Waals surface area (Å²) in [6, 6.07) is 30.1. The number of rotatable bonds is 4. The number of amidine groups is 1. The molecule has 4 aromatic rings. The maximum Gasteiger partial charge on any atom is 0.311 e. The third kappa shape index (κ3) is 4.78. The van der Waals surface area contributed by atoms with Crippen LogP contribution in [-0.2, 0) is 0 Å². The van der Waals surface area contributed by atoms with Crippen LogP contribution in [0.1, 0.15) is 29.2 Å². The fourth-order valence-corrected chi connectivity index (χ4v) is 5.48. The van der Waals surface area contributed by atoms with Crippen molar-refractivity contribution in [2.75, 3.05) is 7.11 Å². The van der Waals surface area contributed by atoms with Gasteiger partial charge in [0.05, 0.1) is 23.8 Å². The molecule has 0 saturated heterocycles. The van der Waals surface area contributed by atoms with Crippen LogP contribution in [0.25, 0.3) is 16.8 Å². The quantitative estimate of drug-likeness (QED) is 0.272. The molecular weight excluding hydrogens is 502 g/mol. The first-order chi connectivity index (χ1) is 18.1. The molecule has 0 spiro atoms. The standard InChI is InChI=1S/C30H22ClN3O2S/c1-36-25-14-10-21(11-15-25)27-18-26(23-9-8-20-4-2-3-5-22(20)17-23)33-34(27)29-28(37-30(35)32-29)16-19-6-12-24(31)13-7-19/h2-17,27H,18H2,1H3/b28-16-/t27-/m1/s1. The molecule has 1 amide bonds. The zero-order chi connectivity index (χ0) is 25.4. The van der Waals surface area contributed by atoms with E-state index >= 15 is 0 Å². The first-order valence-electron chi connectivity index (χ1n) is 11.9. The molecule has 0 fully saturated rings. The number of carbonyl (C=O) groups excluding carboxylic acids is 1. The highest BCUT2D eigenvalue weighted by atomic mass is 35.5. The number of thioether (sulfide) groups is 1. The average molecular weight is 524 g/mol. The minimum absolute atomic E-state index is 0.119. The number of carbonyl (C=O) groups is 1. The van der Waals surface area contributed by atoms with E-state index in [1.807, 2.05) is 71.7 Å². The second-order valence-electron chi connectivity index (χ2n) is 8.81. The molecule has 6 rings (SSSR count). The van der Waals surface area contributed by atoms with Crippen molar-refractivity contribution in [3.8, 4) is 5.75 Å². The number of fused-ring (bicyclic) bond motifs is 1. The molecule has 0 unspecified atom stereocenters. The van der Waals surface area contributed by atoms with Crippen LogP contribution in [0, 0.1) is 0 Å². The van der Waals surface area contributed by atoms with Gasteiger partial charge in [-0.05, 0) is 75.6 Å². The maximum atomic E-state index is 12.5.